The summed E-state index contributed by atoms with van der Waals surface area (Å²) in [5, 5.41) is 21.2. The molecule has 0 bridgehead atoms. The van der Waals surface area contributed by atoms with Gasteiger partial charge in [0.1, 0.15) is 5.82 Å². The number of rotatable bonds is 8. The summed E-state index contributed by atoms with van der Waals surface area (Å²) in [6.07, 6.45) is 1.28. The van der Waals surface area contributed by atoms with Gasteiger partial charge in [-0.05, 0) is 43.7 Å². The predicted molar refractivity (Wildman–Crippen MR) is 117 cm³/mol. The Morgan fingerprint density at radius 2 is 1.80 bits per heavy atom. The number of fused-ring (bicyclic) bond motifs is 1. The number of amides is 1. The average Bonchev–Trinajstić information content (AvgIpc) is 3.00. The molecule has 0 radical (unpaired) electrons. The van der Waals surface area contributed by atoms with Crippen LogP contribution in [0.1, 0.15) is 38.4 Å². The monoisotopic (exact) mass is 410 g/mol. The Morgan fingerprint density at radius 3 is 2.43 bits per heavy atom. The molecule has 2 aromatic carbocycles. The van der Waals surface area contributed by atoms with Crippen LogP contribution in [0.3, 0.4) is 0 Å². The van der Waals surface area contributed by atoms with Crippen LogP contribution in [-0.4, -0.2) is 32.9 Å². The minimum Gasteiger partial charge on any atom is -0.392 e. The SMILES string of the molecule is CC(C)n1c(/C=C/[C@H](O)C[C@H](O)CC(N)=O)c(-c2ccc(F)cc2)c2ccccc21. The van der Waals surface area contributed by atoms with Crippen molar-refractivity contribution in [2.75, 3.05) is 0 Å². The number of hydrogen-bond donors (Lipinski definition) is 3. The Bertz CT molecular complexity index is 1050. The number of para-hydroxylation sites is 1. The third-order valence-electron chi connectivity index (χ3n) is 5.02. The van der Waals surface area contributed by atoms with Crippen molar-refractivity contribution in [3.63, 3.8) is 0 Å². The van der Waals surface area contributed by atoms with Crippen molar-refractivity contribution in [2.45, 2.75) is 44.9 Å². The largest absolute Gasteiger partial charge is 0.392 e. The van der Waals surface area contributed by atoms with E-state index in [0.29, 0.717) is 0 Å². The third-order valence-corrected chi connectivity index (χ3v) is 5.02. The summed E-state index contributed by atoms with van der Waals surface area (Å²) in [5.41, 5.74) is 8.82. The zero-order valence-electron chi connectivity index (χ0n) is 17.1. The normalized spacial score (nSPS) is 13.9. The Hall–Kier alpha value is -2.96. The van der Waals surface area contributed by atoms with Gasteiger partial charge < -0.3 is 20.5 Å². The number of nitrogens with two attached hydrogens (primary N) is 1. The maximum absolute atomic E-state index is 13.5. The number of hydrogen-bond acceptors (Lipinski definition) is 3. The molecule has 0 aliphatic rings. The molecule has 1 aromatic heterocycles. The molecule has 30 heavy (non-hydrogen) atoms. The fourth-order valence-electron chi connectivity index (χ4n) is 3.80. The van der Waals surface area contributed by atoms with E-state index in [9.17, 15) is 19.4 Å². The van der Waals surface area contributed by atoms with Gasteiger partial charge in [0.25, 0.3) is 0 Å². The van der Waals surface area contributed by atoms with E-state index in [1.807, 2.05) is 30.3 Å². The minimum atomic E-state index is -1.00. The summed E-state index contributed by atoms with van der Waals surface area (Å²) in [7, 11) is 0. The van der Waals surface area contributed by atoms with Crippen LogP contribution in [0.5, 0.6) is 0 Å². The fourth-order valence-corrected chi connectivity index (χ4v) is 3.80. The second kappa shape index (κ2) is 9.24. The van der Waals surface area contributed by atoms with Crippen molar-refractivity contribution in [1.82, 2.24) is 4.57 Å². The lowest BCUT2D eigenvalue weighted by Crippen LogP contribution is -2.23. The van der Waals surface area contributed by atoms with E-state index in [0.717, 1.165) is 27.7 Å². The van der Waals surface area contributed by atoms with Crippen LogP contribution in [0.25, 0.3) is 28.1 Å². The summed E-state index contributed by atoms with van der Waals surface area (Å²) < 4.78 is 15.7. The number of halogens is 1. The molecule has 5 nitrogen and oxygen atoms in total. The Morgan fingerprint density at radius 1 is 1.13 bits per heavy atom. The van der Waals surface area contributed by atoms with Crippen molar-refractivity contribution < 1.29 is 19.4 Å². The molecule has 3 aromatic rings. The lowest BCUT2D eigenvalue weighted by Gasteiger charge is -2.15. The van der Waals surface area contributed by atoms with E-state index in [4.69, 9.17) is 5.73 Å². The number of aliphatic hydroxyl groups excluding tert-OH is 2. The molecule has 1 amide bonds. The lowest BCUT2D eigenvalue weighted by atomic mass is 10.0. The van der Waals surface area contributed by atoms with Gasteiger partial charge in [0, 0.05) is 34.6 Å². The van der Waals surface area contributed by atoms with Gasteiger partial charge in [0.15, 0.2) is 0 Å². The van der Waals surface area contributed by atoms with E-state index in [1.54, 1.807) is 18.2 Å². The molecule has 0 aliphatic heterocycles. The van der Waals surface area contributed by atoms with E-state index >= 15 is 0 Å². The van der Waals surface area contributed by atoms with Gasteiger partial charge in [-0.15, -0.1) is 0 Å². The number of primary amides is 1. The molecular formula is C24H27FN2O3. The molecule has 0 unspecified atom stereocenters. The molecule has 4 N–H and O–H groups in total. The first-order valence-corrected chi connectivity index (χ1v) is 9.99. The molecule has 2 atom stereocenters. The molecule has 6 heteroatoms. The molecule has 0 fully saturated rings. The summed E-state index contributed by atoms with van der Waals surface area (Å²) in [6.45, 7) is 4.15. The average molecular weight is 410 g/mol. The zero-order valence-corrected chi connectivity index (χ0v) is 17.1. The number of nitrogens with zero attached hydrogens (tertiary/aromatic N) is 1. The molecule has 0 aliphatic carbocycles. The number of aromatic nitrogens is 1. The van der Waals surface area contributed by atoms with Crippen LogP contribution >= 0.6 is 0 Å². The van der Waals surface area contributed by atoms with E-state index in [1.165, 1.54) is 12.1 Å². The zero-order chi connectivity index (χ0) is 21.8. The third kappa shape index (κ3) is 4.78. The van der Waals surface area contributed by atoms with E-state index in [-0.39, 0.29) is 24.7 Å². The lowest BCUT2D eigenvalue weighted by molar-refractivity contribution is -0.120. The standard InChI is InChI=1S/C24H27FN2O3/c1-15(2)27-21-6-4-3-5-20(21)24(16-7-9-17(25)10-8-16)22(27)12-11-18(28)13-19(29)14-23(26)30/h3-12,15,18-19,28-29H,13-14H2,1-2H3,(H2,26,30)/b12-11+/t18-,19-/m0/s1. The van der Waals surface area contributed by atoms with E-state index in [2.05, 4.69) is 18.4 Å². The van der Waals surface area contributed by atoms with Gasteiger partial charge in [0.2, 0.25) is 5.91 Å². The Kier molecular flexibility index (Phi) is 6.70. The molecule has 158 valence electrons. The summed E-state index contributed by atoms with van der Waals surface area (Å²) in [5.74, 6) is -0.917. The van der Waals surface area contributed by atoms with Crippen molar-refractivity contribution in [2.24, 2.45) is 5.73 Å². The second-order valence-corrected chi connectivity index (χ2v) is 7.73. The number of carbonyl (C=O) groups excluding carboxylic acids is 1. The number of carbonyl (C=O) groups is 1. The summed E-state index contributed by atoms with van der Waals surface area (Å²) >= 11 is 0. The molecule has 0 saturated heterocycles. The van der Waals surface area contributed by atoms with Crippen molar-refractivity contribution in [3.8, 4) is 11.1 Å². The first-order chi connectivity index (χ1) is 14.3. The molecule has 1 heterocycles. The highest BCUT2D eigenvalue weighted by Gasteiger charge is 2.19. The van der Waals surface area contributed by atoms with Crippen molar-refractivity contribution >= 4 is 22.9 Å². The molecule has 0 saturated carbocycles. The predicted octanol–water partition coefficient (Wildman–Crippen LogP) is 4.03. The van der Waals surface area contributed by atoms with Crippen LogP contribution in [0.2, 0.25) is 0 Å². The molecule has 3 rings (SSSR count). The van der Waals surface area contributed by atoms with Crippen LogP contribution in [0.4, 0.5) is 4.39 Å². The Labute approximate surface area is 175 Å². The van der Waals surface area contributed by atoms with Gasteiger partial charge in [-0.1, -0.05) is 36.4 Å². The molecule has 0 spiro atoms. The smallest absolute Gasteiger partial charge is 0.220 e. The summed E-state index contributed by atoms with van der Waals surface area (Å²) in [6, 6.07) is 14.5. The van der Waals surface area contributed by atoms with Crippen molar-refractivity contribution in [3.05, 3.63) is 66.1 Å². The highest BCUT2D eigenvalue weighted by Crippen LogP contribution is 2.38. The topological polar surface area (TPSA) is 88.5 Å². The second-order valence-electron chi connectivity index (χ2n) is 7.73. The van der Waals surface area contributed by atoms with Gasteiger partial charge in [-0.2, -0.15) is 0 Å². The van der Waals surface area contributed by atoms with Crippen LogP contribution in [0.15, 0.2) is 54.6 Å². The highest BCUT2D eigenvalue weighted by molar-refractivity contribution is 6.01. The maximum Gasteiger partial charge on any atom is 0.220 e. The van der Waals surface area contributed by atoms with Gasteiger partial charge >= 0.3 is 0 Å². The fraction of sp³-hybridized carbons (Fsp3) is 0.292. The maximum atomic E-state index is 13.5. The highest BCUT2D eigenvalue weighted by atomic mass is 19.1. The van der Waals surface area contributed by atoms with Crippen molar-refractivity contribution in [1.29, 1.82) is 0 Å². The quantitative estimate of drug-likeness (QED) is 0.524. The number of benzene rings is 2. The van der Waals surface area contributed by atoms with Crippen LogP contribution in [0, 0.1) is 5.82 Å². The van der Waals surface area contributed by atoms with Gasteiger partial charge in [-0.3, -0.25) is 4.79 Å². The first-order valence-electron chi connectivity index (χ1n) is 9.99. The van der Waals surface area contributed by atoms with Gasteiger partial charge in [-0.25, -0.2) is 4.39 Å². The Balaban J connectivity index is 2.08. The van der Waals surface area contributed by atoms with Crippen LogP contribution < -0.4 is 5.73 Å². The van der Waals surface area contributed by atoms with Gasteiger partial charge in [0.05, 0.1) is 18.6 Å². The summed E-state index contributed by atoms with van der Waals surface area (Å²) in [4.78, 5) is 10.9. The molecular weight excluding hydrogens is 383 g/mol. The minimum absolute atomic E-state index is 0.00717. The van der Waals surface area contributed by atoms with Crippen LogP contribution in [-0.2, 0) is 4.79 Å². The number of aliphatic hydroxyl groups is 2. The van der Waals surface area contributed by atoms with E-state index < -0.39 is 18.1 Å². The first kappa shape index (κ1) is 21.7.